The van der Waals surface area contributed by atoms with Gasteiger partial charge >= 0.3 is 0 Å². The van der Waals surface area contributed by atoms with Crippen LogP contribution >= 0.6 is 46.8 Å². The van der Waals surface area contributed by atoms with Gasteiger partial charge in [0.2, 0.25) is 0 Å². The van der Waals surface area contributed by atoms with E-state index >= 15 is 0 Å². The van der Waals surface area contributed by atoms with Gasteiger partial charge in [-0.1, -0.05) is 40.6 Å². The number of thiazole rings is 1. The fraction of sp³-hybridized carbons (Fsp3) is 0.0625. The van der Waals surface area contributed by atoms with Gasteiger partial charge in [-0.15, -0.1) is 0 Å². The molecular weight excluding hydrogens is 401 g/mol. The lowest BCUT2D eigenvalue weighted by Crippen LogP contribution is -2.34. The third-order valence-corrected chi connectivity index (χ3v) is 4.97. The minimum Gasteiger partial charge on any atom is -0.495 e. The summed E-state index contributed by atoms with van der Waals surface area (Å²) in [6.07, 6.45) is 0. The van der Waals surface area contributed by atoms with Gasteiger partial charge in [0, 0.05) is 5.56 Å². The van der Waals surface area contributed by atoms with Gasteiger partial charge in [-0.25, -0.2) is 4.98 Å². The molecule has 2 N–H and O–H groups in total. The van der Waals surface area contributed by atoms with Gasteiger partial charge in [0.15, 0.2) is 10.2 Å². The Balaban J connectivity index is 1.70. The Labute approximate surface area is 162 Å². The predicted octanol–water partition coefficient (Wildman–Crippen LogP) is 4.74. The summed E-state index contributed by atoms with van der Waals surface area (Å²) in [6, 6.07) is 10.2. The highest BCUT2D eigenvalue weighted by atomic mass is 35.5. The number of hydrogen-bond donors (Lipinski definition) is 2. The first-order chi connectivity index (χ1) is 12.0. The van der Waals surface area contributed by atoms with E-state index in [1.54, 1.807) is 18.2 Å². The predicted molar refractivity (Wildman–Crippen MR) is 106 cm³/mol. The normalized spacial score (nSPS) is 10.5. The summed E-state index contributed by atoms with van der Waals surface area (Å²) in [5.74, 6) is 0.103. The van der Waals surface area contributed by atoms with E-state index in [0.717, 1.165) is 4.70 Å². The zero-order valence-corrected chi connectivity index (χ0v) is 15.9. The number of rotatable bonds is 3. The van der Waals surface area contributed by atoms with Gasteiger partial charge in [0.05, 0.1) is 21.9 Å². The molecule has 2 aromatic carbocycles. The Morgan fingerprint density at radius 1 is 1.24 bits per heavy atom. The van der Waals surface area contributed by atoms with Crippen molar-refractivity contribution < 1.29 is 9.53 Å². The number of para-hydroxylation sites is 1. The van der Waals surface area contributed by atoms with Crippen LogP contribution in [-0.2, 0) is 0 Å². The third-order valence-electron chi connectivity index (χ3n) is 3.23. The van der Waals surface area contributed by atoms with Crippen LogP contribution in [0, 0.1) is 0 Å². The summed E-state index contributed by atoms with van der Waals surface area (Å²) in [5.41, 5.74) is 1.05. The minimum atomic E-state index is -0.388. The monoisotopic (exact) mass is 411 g/mol. The maximum Gasteiger partial charge on any atom is 0.257 e. The maximum absolute atomic E-state index is 12.2. The van der Waals surface area contributed by atoms with E-state index < -0.39 is 0 Å². The van der Waals surface area contributed by atoms with Crippen molar-refractivity contribution in [3.63, 3.8) is 0 Å². The molecule has 0 radical (unpaired) electrons. The molecule has 1 amide bonds. The van der Waals surface area contributed by atoms with Crippen LogP contribution in [0.25, 0.3) is 10.2 Å². The van der Waals surface area contributed by atoms with Crippen LogP contribution in [0.2, 0.25) is 10.0 Å². The SMILES string of the molecule is COc1ccc(C(=O)NC(=S)Nc2nc3c(Cl)cccc3s2)cc1Cl. The number of hydrogen-bond acceptors (Lipinski definition) is 5. The van der Waals surface area contributed by atoms with Crippen LogP contribution in [0.5, 0.6) is 5.75 Å². The Bertz CT molecular complexity index is 975. The molecule has 0 aliphatic heterocycles. The van der Waals surface area contributed by atoms with Crippen molar-refractivity contribution in [2.45, 2.75) is 0 Å². The Morgan fingerprint density at radius 2 is 2.04 bits per heavy atom. The molecule has 0 bridgehead atoms. The molecule has 9 heteroatoms. The van der Waals surface area contributed by atoms with Crippen LogP contribution in [0.3, 0.4) is 0 Å². The van der Waals surface area contributed by atoms with Crippen molar-refractivity contribution in [2.75, 3.05) is 12.4 Å². The number of methoxy groups -OCH3 is 1. The first kappa shape index (κ1) is 17.9. The molecule has 0 saturated heterocycles. The average molecular weight is 412 g/mol. The number of fused-ring (bicyclic) bond motifs is 1. The zero-order valence-electron chi connectivity index (χ0n) is 12.8. The smallest absolute Gasteiger partial charge is 0.257 e. The number of nitrogens with one attached hydrogen (secondary N) is 2. The fourth-order valence-corrected chi connectivity index (χ4v) is 3.76. The maximum atomic E-state index is 12.2. The molecule has 0 aliphatic carbocycles. The van der Waals surface area contributed by atoms with Crippen LogP contribution in [-0.4, -0.2) is 23.1 Å². The van der Waals surface area contributed by atoms with Crippen LogP contribution < -0.4 is 15.4 Å². The number of nitrogens with zero attached hydrogens (tertiary/aromatic N) is 1. The van der Waals surface area contributed by atoms with Crippen molar-refractivity contribution in [3.05, 3.63) is 52.0 Å². The molecule has 0 fully saturated rings. The van der Waals surface area contributed by atoms with E-state index in [4.69, 9.17) is 40.2 Å². The van der Waals surface area contributed by atoms with E-state index in [0.29, 0.717) is 32.0 Å². The quantitative estimate of drug-likeness (QED) is 0.609. The van der Waals surface area contributed by atoms with Crippen molar-refractivity contribution in [1.29, 1.82) is 0 Å². The summed E-state index contributed by atoms with van der Waals surface area (Å²) in [5, 5.41) is 7.05. The number of halogens is 2. The molecule has 1 heterocycles. The van der Waals surface area contributed by atoms with Crippen molar-refractivity contribution >= 4 is 73.1 Å². The summed E-state index contributed by atoms with van der Waals surface area (Å²) < 4.78 is 5.98. The molecule has 25 heavy (non-hydrogen) atoms. The van der Waals surface area contributed by atoms with Crippen LogP contribution in [0.1, 0.15) is 10.4 Å². The molecular formula is C16H11Cl2N3O2S2. The summed E-state index contributed by atoms with van der Waals surface area (Å²) in [4.78, 5) is 16.6. The highest BCUT2D eigenvalue weighted by molar-refractivity contribution is 7.80. The average Bonchev–Trinajstić information content (AvgIpc) is 2.98. The molecule has 0 spiro atoms. The Kier molecular flexibility index (Phi) is 5.39. The van der Waals surface area contributed by atoms with Gasteiger partial charge in [-0.05, 0) is 42.5 Å². The molecule has 3 aromatic rings. The molecule has 0 atom stereocenters. The molecule has 0 saturated carbocycles. The molecule has 128 valence electrons. The lowest BCUT2D eigenvalue weighted by Gasteiger charge is -2.08. The minimum absolute atomic E-state index is 0.132. The number of carbonyl (C=O) groups is 1. The number of anilines is 1. The third kappa shape index (κ3) is 4.01. The molecule has 1 aromatic heterocycles. The van der Waals surface area contributed by atoms with Gasteiger partial charge in [-0.2, -0.15) is 0 Å². The van der Waals surface area contributed by atoms with E-state index in [2.05, 4.69) is 15.6 Å². The van der Waals surface area contributed by atoms with E-state index in [9.17, 15) is 4.79 Å². The lowest BCUT2D eigenvalue weighted by atomic mass is 10.2. The highest BCUT2D eigenvalue weighted by Gasteiger charge is 2.13. The second-order valence-corrected chi connectivity index (χ2v) is 7.12. The first-order valence-electron chi connectivity index (χ1n) is 6.99. The Hall–Kier alpha value is -1.93. The second kappa shape index (κ2) is 7.53. The summed E-state index contributed by atoms with van der Waals surface area (Å²) >= 11 is 18.7. The van der Waals surface area contributed by atoms with Gasteiger partial charge in [-0.3, -0.25) is 10.1 Å². The summed E-state index contributed by atoms with van der Waals surface area (Å²) in [7, 11) is 1.50. The molecule has 3 rings (SSSR count). The van der Waals surface area contributed by atoms with E-state index in [-0.39, 0.29) is 11.0 Å². The van der Waals surface area contributed by atoms with Gasteiger partial charge in [0.25, 0.3) is 5.91 Å². The van der Waals surface area contributed by atoms with E-state index in [1.807, 2.05) is 12.1 Å². The van der Waals surface area contributed by atoms with Gasteiger partial charge in [0.1, 0.15) is 11.3 Å². The van der Waals surface area contributed by atoms with Gasteiger partial charge < -0.3 is 10.1 Å². The summed E-state index contributed by atoms with van der Waals surface area (Å²) in [6.45, 7) is 0. The molecule has 5 nitrogen and oxygen atoms in total. The number of amides is 1. The lowest BCUT2D eigenvalue weighted by molar-refractivity contribution is 0.0977. The van der Waals surface area contributed by atoms with E-state index in [1.165, 1.54) is 24.5 Å². The number of aromatic nitrogens is 1. The molecule has 0 aliphatic rings. The van der Waals surface area contributed by atoms with Crippen LogP contribution in [0.15, 0.2) is 36.4 Å². The van der Waals surface area contributed by atoms with Crippen molar-refractivity contribution in [1.82, 2.24) is 10.3 Å². The Morgan fingerprint density at radius 3 is 2.72 bits per heavy atom. The zero-order chi connectivity index (χ0) is 18.0. The highest BCUT2D eigenvalue weighted by Crippen LogP contribution is 2.30. The topological polar surface area (TPSA) is 63.2 Å². The number of carbonyl (C=O) groups excluding carboxylic acids is 1. The standard InChI is InChI=1S/C16H11Cl2N3O2S2/c1-23-11-6-5-8(7-10(11)18)14(22)20-15(24)21-16-19-13-9(17)3-2-4-12(13)25-16/h2-7H,1H3,(H2,19,20,21,22,24). The largest absolute Gasteiger partial charge is 0.495 e. The number of ether oxygens (including phenoxy) is 1. The van der Waals surface area contributed by atoms with Crippen molar-refractivity contribution in [3.8, 4) is 5.75 Å². The number of thiocarbonyl (C=S) groups is 1. The second-order valence-electron chi connectivity index (χ2n) is 4.86. The van der Waals surface area contributed by atoms with Crippen LogP contribution in [0.4, 0.5) is 5.13 Å². The molecule has 0 unspecified atom stereocenters. The van der Waals surface area contributed by atoms with Crippen molar-refractivity contribution in [2.24, 2.45) is 0 Å². The fourth-order valence-electron chi connectivity index (χ4n) is 2.08. The first-order valence-corrected chi connectivity index (χ1v) is 8.97. The number of benzene rings is 2.